The van der Waals surface area contributed by atoms with E-state index < -0.39 is 6.36 Å². The maximum absolute atomic E-state index is 12.5. The topological polar surface area (TPSA) is 77.5 Å². The van der Waals surface area contributed by atoms with E-state index in [1.54, 1.807) is 42.6 Å². The Balaban J connectivity index is 1.36. The number of rotatable bonds is 9. The minimum Gasteiger partial charge on any atom is -0.457 e. The summed E-state index contributed by atoms with van der Waals surface area (Å²) in [6.45, 7) is 1.85. The Morgan fingerprint density at radius 1 is 1.00 bits per heavy atom. The van der Waals surface area contributed by atoms with Gasteiger partial charge in [-0.05, 0) is 66.8 Å². The van der Waals surface area contributed by atoms with E-state index >= 15 is 0 Å². The van der Waals surface area contributed by atoms with Gasteiger partial charge in [-0.25, -0.2) is 4.98 Å². The van der Waals surface area contributed by atoms with E-state index in [1.165, 1.54) is 18.2 Å². The van der Waals surface area contributed by atoms with Gasteiger partial charge in [-0.2, -0.15) is 0 Å². The second-order valence-electron chi connectivity index (χ2n) is 8.42. The van der Waals surface area contributed by atoms with Gasteiger partial charge in [0.25, 0.3) is 0 Å². The van der Waals surface area contributed by atoms with Crippen LogP contribution in [0.1, 0.15) is 29.5 Å². The van der Waals surface area contributed by atoms with Gasteiger partial charge in [0, 0.05) is 31.0 Å². The first kappa shape index (κ1) is 24.3. The smallest absolute Gasteiger partial charge is 0.457 e. The number of nitrogens with zero attached hydrogens (tertiary/aromatic N) is 1. The minimum absolute atomic E-state index is 0.0148. The van der Waals surface area contributed by atoms with Crippen LogP contribution >= 0.6 is 0 Å². The van der Waals surface area contributed by atoms with Gasteiger partial charge < -0.3 is 14.8 Å². The molecular weight excluding hydrogens is 461 g/mol. The van der Waals surface area contributed by atoms with E-state index in [9.17, 15) is 22.8 Å². The number of anilines is 1. The van der Waals surface area contributed by atoms with Crippen LogP contribution in [0.2, 0.25) is 0 Å². The highest BCUT2D eigenvalue weighted by Gasteiger charge is 2.31. The predicted octanol–water partition coefficient (Wildman–Crippen LogP) is 5.78. The molecule has 0 bridgehead atoms. The van der Waals surface area contributed by atoms with Crippen molar-refractivity contribution in [3.05, 3.63) is 77.5 Å². The van der Waals surface area contributed by atoms with Crippen LogP contribution < -0.4 is 14.8 Å². The van der Waals surface area contributed by atoms with Crippen molar-refractivity contribution in [2.45, 2.75) is 39.0 Å². The second-order valence-corrected chi connectivity index (χ2v) is 8.42. The Morgan fingerprint density at radius 2 is 1.77 bits per heavy atom. The quantitative estimate of drug-likeness (QED) is 0.416. The summed E-state index contributed by atoms with van der Waals surface area (Å²) in [4.78, 5) is 28.6. The summed E-state index contributed by atoms with van der Waals surface area (Å²) in [7, 11) is 0. The van der Waals surface area contributed by atoms with E-state index in [0.29, 0.717) is 22.9 Å². The van der Waals surface area contributed by atoms with Crippen molar-refractivity contribution in [2.75, 3.05) is 5.32 Å². The third-order valence-electron chi connectivity index (χ3n) is 5.40. The van der Waals surface area contributed by atoms with Crippen molar-refractivity contribution < 1.29 is 32.2 Å². The summed E-state index contributed by atoms with van der Waals surface area (Å²) in [5, 5.41) is 2.78. The molecule has 2 aromatic carbocycles. The molecule has 4 rings (SSSR count). The number of Topliss-reactive ketones (excluding diaryl/α,β-unsaturated/α-hetero) is 1. The third-order valence-corrected chi connectivity index (χ3v) is 5.40. The zero-order chi connectivity index (χ0) is 25.0. The molecule has 0 spiro atoms. The molecule has 1 aromatic heterocycles. The lowest BCUT2D eigenvalue weighted by molar-refractivity contribution is -0.274. The number of pyridine rings is 1. The number of halogens is 3. The van der Waals surface area contributed by atoms with Gasteiger partial charge in [-0.1, -0.05) is 18.2 Å². The van der Waals surface area contributed by atoms with E-state index in [2.05, 4.69) is 15.0 Å². The van der Waals surface area contributed by atoms with Crippen molar-refractivity contribution in [2.24, 2.45) is 5.92 Å². The number of ether oxygens (including phenoxy) is 2. The van der Waals surface area contributed by atoms with Crippen LogP contribution in [0, 0.1) is 12.8 Å². The molecule has 182 valence electrons. The predicted molar refractivity (Wildman–Crippen MR) is 122 cm³/mol. The Kier molecular flexibility index (Phi) is 7.04. The lowest BCUT2D eigenvalue weighted by atomic mass is 9.99. The van der Waals surface area contributed by atoms with Gasteiger partial charge >= 0.3 is 6.36 Å². The average Bonchev–Trinajstić information content (AvgIpc) is 3.61. The number of alkyl halides is 3. The number of carbonyl (C=O) groups is 2. The number of hydrogen-bond donors (Lipinski definition) is 1. The molecule has 0 radical (unpaired) electrons. The van der Waals surface area contributed by atoms with Gasteiger partial charge in [-0.3, -0.25) is 9.59 Å². The molecule has 1 amide bonds. The number of hydrogen-bond acceptors (Lipinski definition) is 5. The molecule has 9 heteroatoms. The lowest BCUT2D eigenvalue weighted by Gasteiger charge is -2.12. The Labute approximate surface area is 200 Å². The van der Waals surface area contributed by atoms with Crippen LogP contribution in [0.4, 0.5) is 19.0 Å². The molecule has 0 saturated heterocycles. The van der Waals surface area contributed by atoms with Crippen molar-refractivity contribution in [3.63, 3.8) is 0 Å². The standard InChI is InChI=1S/C26H23F3N2O4/c1-16-11-21(34-22-9-10-30-24(15-22)31-25(33)18-5-6-18)8-7-19(16)14-20(32)12-17-3-2-4-23(13-17)35-26(27,28)29/h2-4,7-11,13,15,18H,5-6,12,14H2,1H3,(H,30,31,33). The summed E-state index contributed by atoms with van der Waals surface area (Å²) in [5.74, 6) is 1.01. The summed E-state index contributed by atoms with van der Waals surface area (Å²) in [6.07, 6.45) is -1.33. The fraction of sp³-hybridized carbons (Fsp3) is 0.269. The van der Waals surface area contributed by atoms with E-state index in [4.69, 9.17) is 4.74 Å². The Bertz CT molecular complexity index is 1240. The van der Waals surface area contributed by atoms with Crippen molar-refractivity contribution in [1.29, 1.82) is 0 Å². The molecule has 1 fully saturated rings. The molecule has 1 saturated carbocycles. The number of aryl methyl sites for hydroxylation is 1. The highest BCUT2D eigenvalue weighted by molar-refractivity contribution is 5.93. The SMILES string of the molecule is Cc1cc(Oc2ccnc(NC(=O)C3CC3)c2)ccc1CC(=O)Cc1cccc(OC(F)(F)F)c1. The van der Waals surface area contributed by atoms with Crippen LogP contribution in [0.5, 0.6) is 17.2 Å². The summed E-state index contributed by atoms with van der Waals surface area (Å²) >= 11 is 0. The van der Waals surface area contributed by atoms with Gasteiger partial charge in [0.1, 0.15) is 28.8 Å². The monoisotopic (exact) mass is 484 g/mol. The molecule has 0 aliphatic heterocycles. The van der Waals surface area contributed by atoms with Crippen LogP contribution in [-0.4, -0.2) is 23.0 Å². The first-order valence-electron chi connectivity index (χ1n) is 11.1. The average molecular weight is 484 g/mol. The van der Waals surface area contributed by atoms with Gasteiger partial charge in [0.05, 0.1) is 0 Å². The van der Waals surface area contributed by atoms with E-state index in [-0.39, 0.29) is 36.2 Å². The molecule has 1 N–H and O–H groups in total. The largest absolute Gasteiger partial charge is 0.573 e. The van der Waals surface area contributed by atoms with Gasteiger partial charge in [0.15, 0.2) is 0 Å². The van der Waals surface area contributed by atoms with Crippen LogP contribution in [0.3, 0.4) is 0 Å². The maximum Gasteiger partial charge on any atom is 0.573 e. The van der Waals surface area contributed by atoms with E-state index in [1.807, 2.05) is 6.92 Å². The highest BCUT2D eigenvalue weighted by atomic mass is 19.4. The van der Waals surface area contributed by atoms with Crippen molar-refractivity contribution >= 4 is 17.5 Å². The maximum atomic E-state index is 12.5. The fourth-order valence-corrected chi connectivity index (χ4v) is 3.54. The molecule has 1 aliphatic carbocycles. The molecule has 1 heterocycles. The van der Waals surface area contributed by atoms with Crippen molar-refractivity contribution in [1.82, 2.24) is 4.98 Å². The Morgan fingerprint density at radius 3 is 2.49 bits per heavy atom. The molecule has 1 aliphatic rings. The highest BCUT2D eigenvalue weighted by Crippen LogP contribution is 2.31. The van der Waals surface area contributed by atoms with Crippen molar-refractivity contribution in [3.8, 4) is 17.2 Å². The number of carbonyl (C=O) groups excluding carboxylic acids is 2. The molecule has 0 atom stereocenters. The molecule has 0 unspecified atom stereocenters. The lowest BCUT2D eigenvalue weighted by Crippen LogP contribution is -2.17. The zero-order valence-corrected chi connectivity index (χ0v) is 18.9. The molecular formula is C26H23F3N2O4. The fourth-order valence-electron chi connectivity index (χ4n) is 3.54. The third kappa shape index (κ3) is 7.30. The summed E-state index contributed by atoms with van der Waals surface area (Å²) in [5.41, 5.74) is 2.06. The number of benzene rings is 2. The molecule has 35 heavy (non-hydrogen) atoms. The normalized spacial score (nSPS) is 13.3. The number of nitrogens with one attached hydrogen (secondary N) is 1. The number of amides is 1. The first-order valence-corrected chi connectivity index (χ1v) is 11.1. The second kappa shape index (κ2) is 10.2. The summed E-state index contributed by atoms with van der Waals surface area (Å²) < 4.78 is 47.1. The van der Waals surface area contributed by atoms with Gasteiger partial charge in [0.2, 0.25) is 5.91 Å². The van der Waals surface area contributed by atoms with E-state index in [0.717, 1.165) is 24.0 Å². The number of aromatic nitrogens is 1. The van der Waals surface area contributed by atoms with Crippen LogP contribution in [0.25, 0.3) is 0 Å². The van der Waals surface area contributed by atoms with Gasteiger partial charge in [-0.15, -0.1) is 13.2 Å². The molecule has 3 aromatic rings. The minimum atomic E-state index is -4.79. The van der Waals surface area contributed by atoms with Crippen LogP contribution in [0.15, 0.2) is 60.8 Å². The Hall–Kier alpha value is -3.88. The first-order chi connectivity index (χ1) is 16.6. The van der Waals surface area contributed by atoms with Crippen LogP contribution in [-0.2, 0) is 22.4 Å². The zero-order valence-electron chi connectivity index (χ0n) is 18.9. The summed E-state index contributed by atoms with van der Waals surface area (Å²) in [6, 6.07) is 14.0. The number of ketones is 1. The molecule has 6 nitrogen and oxygen atoms in total.